The van der Waals surface area contributed by atoms with E-state index >= 15 is 0 Å². The molecule has 2 aromatic carbocycles. The highest BCUT2D eigenvalue weighted by Gasteiger charge is 2.12. The van der Waals surface area contributed by atoms with Gasteiger partial charge in [0.25, 0.3) is 0 Å². The number of ether oxygens (including phenoxy) is 1. The highest BCUT2D eigenvalue weighted by Crippen LogP contribution is 2.34. The van der Waals surface area contributed by atoms with Gasteiger partial charge in [0.2, 0.25) is 0 Å². The number of halogens is 1. The molecule has 0 heterocycles. The van der Waals surface area contributed by atoms with Crippen molar-refractivity contribution in [1.82, 2.24) is 5.32 Å². The third-order valence-electron chi connectivity index (χ3n) is 3.41. The van der Waals surface area contributed by atoms with E-state index in [0.29, 0.717) is 10.9 Å². The van der Waals surface area contributed by atoms with Gasteiger partial charge in [-0.1, -0.05) is 43.6 Å². The van der Waals surface area contributed by atoms with Crippen LogP contribution in [0, 0.1) is 6.92 Å². The number of hydrogen-bond acceptors (Lipinski definition) is 2. The van der Waals surface area contributed by atoms with Gasteiger partial charge in [-0.05, 0) is 49.2 Å². The van der Waals surface area contributed by atoms with Gasteiger partial charge in [0.15, 0.2) is 0 Å². The van der Waals surface area contributed by atoms with E-state index in [2.05, 4.69) is 44.3 Å². The predicted molar refractivity (Wildman–Crippen MR) is 89.6 cm³/mol. The Morgan fingerprint density at radius 2 is 1.86 bits per heavy atom. The van der Waals surface area contributed by atoms with Gasteiger partial charge >= 0.3 is 0 Å². The van der Waals surface area contributed by atoms with Crippen molar-refractivity contribution in [2.75, 3.05) is 7.05 Å². The van der Waals surface area contributed by atoms with E-state index in [1.165, 1.54) is 11.1 Å². The number of rotatable bonds is 5. The molecule has 21 heavy (non-hydrogen) atoms. The van der Waals surface area contributed by atoms with Gasteiger partial charge in [-0.15, -0.1) is 0 Å². The molecule has 3 heteroatoms. The third-order valence-corrected chi connectivity index (χ3v) is 3.64. The lowest BCUT2D eigenvalue weighted by Gasteiger charge is -2.17. The molecule has 0 aliphatic rings. The Bertz CT molecular complexity index is 623. The molecule has 0 saturated heterocycles. The average Bonchev–Trinajstić information content (AvgIpc) is 2.42. The monoisotopic (exact) mass is 303 g/mol. The van der Waals surface area contributed by atoms with Crippen LogP contribution in [0.4, 0.5) is 0 Å². The van der Waals surface area contributed by atoms with Gasteiger partial charge in [-0.2, -0.15) is 0 Å². The molecule has 0 aromatic heterocycles. The SMILES string of the molecule is CNCc1ccc(Cl)cc1Oc1cc(C)ccc1C(C)C. The van der Waals surface area contributed by atoms with Crippen LogP contribution < -0.4 is 10.1 Å². The zero-order chi connectivity index (χ0) is 15.4. The van der Waals surface area contributed by atoms with Gasteiger partial charge in [0.1, 0.15) is 11.5 Å². The first-order valence-electron chi connectivity index (χ1n) is 7.22. The van der Waals surface area contributed by atoms with Crippen LogP contribution in [0.15, 0.2) is 36.4 Å². The molecule has 0 bridgehead atoms. The molecule has 0 fully saturated rings. The number of aryl methyl sites for hydroxylation is 1. The van der Waals surface area contributed by atoms with Crippen LogP contribution in [0.25, 0.3) is 0 Å². The van der Waals surface area contributed by atoms with Gasteiger partial charge in [-0.25, -0.2) is 0 Å². The van der Waals surface area contributed by atoms with Crippen molar-refractivity contribution >= 4 is 11.6 Å². The first kappa shape index (κ1) is 15.9. The van der Waals surface area contributed by atoms with E-state index in [9.17, 15) is 0 Å². The third kappa shape index (κ3) is 3.99. The topological polar surface area (TPSA) is 21.3 Å². The van der Waals surface area contributed by atoms with E-state index in [4.69, 9.17) is 16.3 Å². The molecule has 112 valence electrons. The van der Waals surface area contributed by atoms with E-state index in [0.717, 1.165) is 23.6 Å². The van der Waals surface area contributed by atoms with Gasteiger partial charge < -0.3 is 10.1 Å². The number of hydrogen-bond donors (Lipinski definition) is 1. The molecule has 2 nitrogen and oxygen atoms in total. The molecule has 2 rings (SSSR count). The lowest BCUT2D eigenvalue weighted by Crippen LogP contribution is -2.06. The van der Waals surface area contributed by atoms with Crippen molar-refractivity contribution in [2.24, 2.45) is 0 Å². The van der Waals surface area contributed by atoms with Gasteiger partial charge in [0.05, 0.1) is 0 Å². The molecule has 1 N–H and O–H groups in total. The Balaban J connectivity index is 2.42. The van der Waals surface area contributed by atoms with Crippen LogP contribution in [0.5, 0.6) is 11.5 Å². The summed E-state index contributed by atoms with van der Waals surface area (Å²) in [6.45, 7) is 7.16. The molecule has 0 radical (unpaired) electrons. The van der Waals surface area contributed by atoms with Crippen LogP contribution in [-0.2, 0) is 6.54 Å². The summed E-state index contributed by atoms with van der Waals surface area (Å²) in [6, 6.07) is 12.1. The summed E-state index contributed by atoms with van der Waals surface area (Å²) in [5.74, 6) is 2.13. The zero-order valence-corrected chi connectivity index (χ0v) is 13.8. The normalized spacial score (nSPS) is 11.0. The fourth-order valence-corrected chi connectivity index (χ4v) is 2.45. The summed E-state index contributed by atoms with van der Waals surface area (Å²) in [4.78, 5) is 0. The molecule has 0 aliphatic heterocycles. The molecule has 0 spiro atoms. The summed E-state index contributed by atoms with van der Waals surface area (Å²) in [6.07, 6.45) is 0. The Kier molecular flexibility index (Phi) is 5.27. The average molecular weight is 304 g/mol. The van der Waals surface area contributed by atoms with E-state index in [-0.39, 0.29) is 0 Å². The second kappa shape index (κ2) is 6.97. The molecular weight excluding hydrogens is 282 g/mol. The van der Waals surface area contributed by atoms with Crippen LogP contribution in [-0.4, -0.2) is 7.05 Å². The molecule has 0 unspecified atom stereocenters. The lowest BCUT2D eigenvalue weighted by molar-refractivity contribution is 0.465. The Hall–Kier alpha value is -1.51. The quantitative estimate of drug-likeness (QED) is 0.811. The summed E-state index contributed by atoms with van der Waals surface area (Å²) in [5.41, 5.74) is 3.49. The second-order valence-electron chi connectivity index (χ2n) is 5.58. The lowest BCUT2D eigenvalue weighted by atomic mass is 10.0. The van der Waals surface area contributed by atoms with E-state index in [1.54, 1.807) is 0 Å². The molecule has 0 aliphatic carbocycles. The molecule has 0 atom stereocenters. The van der Waals surface area contributed by atoms with Crippen molar-refractivity contribution in [3.05, 3.63) is 58.1 Å². The highest BCUT2D eigenvalue weighted by atomic mass is 35.5. The minimum Gasteiger partial charge on any atom is -0.457 e. The van der Waals surface area contributed by atoms with Crippen molar-refractivity contribution in [3.63, 3.8) is 0 Å². The maximum absolute atomic E-state index is 6.19. The second-order valence-corrected chi connectivity index (χ2v) is 6.02. The molecule has 2 aromatic rings. The van der Waals surface area contributed by atoms with E-state index in [1.807, 2.05) is 25.2 Å². The number of benzene rings is 2. The van der Waals surface area contributed by atoms with Crippen LogP contribution in [0.2, 0.25) is 5.02 Å². The van der Waals surface area contributed by atoms with Crippen molar-refractivity contribution in [2.45, 2.75) is 33.2 Å². The Morgan fingerprint density at radius 1 is 1.10 bits per heavy atom. The predicted octanol–water partition coefficient (Wildman–Crippen LogP) is 5.28. The maximum Gasteiger partial charge on any atom is 0.133 e. The molecule has 0 amide bonds. The maximum atomic E-state index is 6.19. The summed E-state index contributed by atoms with van der Waals surface area (Å²) in [5, 5.41) is 3.84. The minimum absolute atomic E-state index is 0.410. The van der Waals surface area contributed by atoms with Gasteiger partial charge in [-0.3, -0.25) is 0 Å². The summed E-state index contributed by atoms with van der Waals surface area (Å²) >= 11 is 6.12. The first-order valence-corrected chi connectivity index (χ1v) is 7.60. The molecule has 0 saturated carbocycles. The Labute approximate surface area is 132 Å². The minimum atomic E-state index is 0.410. The standard InChI is InChI=1S/C18H22ClNO/c1-12(2)16-8-5-13(3)9-18(16)21-17-10-15(19)7-6-14(17)11-20-4/h5-10,12,20H,11H2,1-4H3. The molecular formula is C18H22ClNO. The first-order chi connectivity index (χ1) is 10.0. The van der Waals surface area contributed by atoms with Crippen molar-refractivity contribution < 1.29 is 4.74 Å². The fourth-order valence-electron chi connectivity index (χ4n) is 2.29. The number of nitrogens with one attached hydrogen (secondary N) is 1. The van der Waals surface area contributed by atoms with Crippen LogP contribution >= 0.6 is 11.6 Å². The fraction of sp³-hybridized carbons (Fsp3) is 0.333. The highest BCUT2D eigenvalue weighted by molar-refractivity contribution is 6.30. The summed E-state index contributed by atoms with van der Waals surface area (Å²) < 4.78 is 6.19. The van der Waals surface area contributed by atoms with Gasteiger partial charge in [0, 0.05) is 17.1 Å². The smallest absolute Gasteiger partial charge is 0.133 e. The summed E-state index contributed by atoms with van der Waals surface area (Å²) in [7, 11) is 1.92. The van der Waals surface area contributed by atoms with Crippen molar-refractivity contribution in [1.29, 1.82) is 0 Å². The Morgan fingerprint density at radius 3 is 2.52 bits per heavy atom. The zero-order valence-electron chi connectivity index (χ0n) is 13.0. The largest absolute Gasteiger partial charge is 0.457 e. The van der Waals surface area contributed by atoms with Crippen LogP contribution in [0.1, 0.15) is 36.5 Å². The van der Waals surface area contributed by atoms with E-state index < -0.39 is 0 Å². The van der Waals surface area contributed by atoms with Crippen molar-refractivity contribution in [3.8, 4) is 11.5 Å². The van der Waals surface area contributed by atoms with Crippen LogP contribution in [0.3, 0.4) is 0 Å².